The third-order valence-corrected chi connectivity index (χ3v) is 3.55. The Hall–Kier alpha value is -1.13. The molecule has 1 aromatic carbocycles. The van der Waals surface area contributed by atoms with Crippen LogP contribution >= 0.6 is 11.6 Å². The topological polar surface area (TPSA) is 21.1 Å². The zero-order valence-electron chi connectivity index (χ0n) is 12.2. The second-order valence-electron chi connectivity index (χ2n) is 5.36. The van der Waals surface area contributed by atoms with E-state index in [0.29, 0.717) is 5.52 Å². The Balaban J connectivity index is 2.25. The first-order valence-electron chi connectivity index (χ1n) is 6.94. The number of benzene rings is 1. The van der Waals surface area contributed by atoms with Gasteiger partial charge in [0.1, 0.15) is 11.3 Å². The Bertz CT molecular complexity index is 578. The summed E-state index contributed by atoms with van der Waals surface area (Å²) < 4.78 is 15.9. The van der Waals surface area contributed by atoms with Crippen molar-refractivity contribution in [3.8, 4) is 0 Å². The van der Waals surface area contributed by atoms with Crippen LogP contribution in [-0.4, -0.2) is 35.1 Å². The normalized spacial score (nSPS) is 13.3. The fourth-order valence-corrected chi connectivity index (χ4v) is 2.53. The van der Waals surface area contributed by atoms with E-state index in [0.717, 1.165) is 37.3 Å². The summed E-state index contributed by atoms with van der Waals surface area (Å²) in [5.74, 6) is 0.463. The van der Waals surface area contributed by atoms with Crippen LogP contribution in [0.4, 0.5) is 4.39 Å². The highest BCUT2D eigenvalue weighted by Gasteiger charge is 2.16. The molecule has 0 aliphatic carbocycles. The Labute approximate surface area is 124 Å². The van der Waals surface area contributed by atoms with Gasteiger partial charge in [-0.1, -0.05) is 6.07 Å². The summed E-state index contributed by atoms with van der Waals surface area (Å²) in [5.41, 5.74) is 1.25. The Morgan fingerprint density at radius 2 is 2.10 bits per heavy atom. The third kappa shape index (κ3) is 3.30. The van der Waals surface area contributed by atoms with Crippen molar-refractivity contribution in [1.82, 2.24) is 14.5 Å². The van der Waals surface area contributed by atoms with E-state index in [4.69, 9.17) is 11.6 Å². The number of halogens is 2. The molecular formula is C15H21ClFN3. The number of alkyl halides is 1. The predicted molar refractivity (Wildman–Crippen MR) is 81.7 cm³/mol. The molecule has 0 spiro atoms. The van der Waals surface area contributed by atoms with Crippen LogP contribution in [0.25, 0.3) is 11.0 Å². The van der Waals surface area contributed by atoms with E-state index in [-0.39, 0.29) is 11.2 Å². The van der Waals surface area contributed by atoms with Crippen molar-refractivity contribution in [2.24, 2.45) is 0 Å². The fraction of sp³-hybridized carbons (Fsp3) is 0.533. The fourth-order valence-electron chi connectivity index (χ4n) is 2.37. The molecule has 0 saturated carbocycles. The summed E-state index contributed by atoms with van der Waals surface area (Å²) in [6.07, 6.45) is 2.12. The molecule has 2 aromatic rings. The average molecular weight is 298 g/mol. The Morgan fingerprint density at radius 1 is 1.35 bits per heavy atom. The van der Waals surface area contributed by atoms with Gasteiger partial charge in [0.05, 0.1) is 10.9 Å². The highest BCUT2D eigenvalue weighted by molar-refractivity contribution is 6.20. The van der Waals surface area contributed by atoms with Gasteiger partial charge < -0.3 is 9.47 Å². The molecule has 1 aromatic heterocycles. The molecule has 0 aliphatic heterocycles. The summed E-state index contributed by atoms with van der Waals surface area (Å²) in [5, 5.41) is -0.226. The number of para-hydroxylation sites is 1. The summed E-state index contributed by atoms with van der Waals surface area (Å²) in [6.45, 7) is 3.74. The van der Waals surface area contributed by atoms with E-state index < -0.39 is 0 Å². The van der Waals surface area contributed by atoms with Gasteiger partial charge in [-0.3, -0.25) is 0 Å². The first kappa shape index (κ1) is 15.3. The number of nitrogens with zero attached hydrogens (tertiary/aromatic N) is 3. The summed E-state index contributed by atoms with van der Waals surface area (Å²) in [6, 6.07) is 5.06. The van der Waals surface area contributed by atoms with Crippen LogP contribution in [0.15, 0.2) is 18.2 Å². The Morgan fingerprint density at radius 3 is 2.75 bits per heavy atom. The van der Waals surface area contributed by atoms with E-state index in [2.05, 4.69) is 24.0 Å². The molecule has 0 amide bonds. The highest BCUT2D eigenvalue weighted by atomic mass is 35.5. The maximum absolute atomic E-state index is 13.8. The van der Waals surface area contributed by atoms with Gasteiger partial charge in [-0.25, -0.2) is 9.37 Å². The van der Waals surface area contributed by atoms with Gasteiger partial charge in [0.2, 0.25) is 0 Å². The van der Waals surface area contributed by atoms with Gasteiger partial charge in [-0.2, -0.15) is 0 Å². The van der Waals surface area contributed by atoms with Crippen LogP contribution in [0.2, 0.25) is 0 Å². The molecule has 0 radical (unpaired) electrons. The minimum atomic E-state index is -0.284. The summed E-state index contributed by atoms with van der Waals surface area (Å²) >= 11 is 6.18. The Kier molecular flexibility index (Phi) is 5.00. The lowest BCUT2D eigenvalue weighted by Crippen LogP contribution is -2.14. The molecule has 0 bridgehead atoms. The van der Waals surface area contributed by atoms with Crippen molar-refractivity contribution in [3.05, 3.63) is 29.8 Å². The smallest absolute Gasteiger partial charge is 0.151 e. The summed E-state index contributed by atoms with van der Waals surface area (Å²) in [7, 11) is 4.13. The molecule has 0 fully saturated rings. The SMILES string of the molecule is CC(Cl)c1nc2c(F)cccc2n1CCCCN(C)C. The van der Waals surface area contributed by atoms with E-state index >= 15 is 0 Å². The monoisotopic (exact) mass is 297 g/mol. The van der Waals surface area contributed by atoms with Gasteiger partial charge in [0.15, 0.2) is 5.82 Å². The maximum Gasteiger partial charge on any atom is 0.151 e. The minimum Gasteiger partial charge on any atom is -0.327 e. The molecular weight excluding hydrogens is 277 g/mol. The van der Waals surface area contributed by atoms with E-state index in [1.54, 1.807) is 6.07 Å². The lowest BCUT2D eigenvalue weighted by molar-refractivity contribution is 0.387. The van der Waals surface area contributed by atoms with Crippen molar-refractivity contribution in [1.29, 1.82) is 0 Å². The van der Waals surface area contributed by atoms with Gasteiger partial charge in [-0.05, 0) is 52.5 Å². The van der Waals surface area contributed by atoms with Crippen molar-refractivity contribution in [2.75, 3.05) is 20.6 Å². The molecule has 1 unspecified atom stereocenters. The van der Waals surface area contributed by atoms with Crippen LogP contribution in [-0.2, 0) is 6.54 Å². The molecule has 1 heterocycles. The lowest BCUT2D eigenvalue weighted by Gasteiger charge is -2.12. The standard InChI is InChI=1S/C15H21ClFN3/c1-11(16)15-18-14-12(17)7-6-8-13(14)20(15)10-5-4-9-19(2)3/h6-8,11H,4-5,9-10H2,1-3H3. The van der Waals surface area contributed by atoms with Crippen molar-refractivity contribution in [3.63, 3.8) is 0 Å². The number of hydrogen-bond acceptors (Lipinski definition) is 2. The number of aryl methyl sites for hydroxylation is 1. The third-order valence-electron chi connectivity index (χ3n) is 3.35. The number of rotatable bonds is 6. The molecule has 0 saturated heterocycles. The molecule has 0 aliphatic rings. The second-order valence-corrected chi connectivity index (χ2v) is 6.01. The van der Waals surface area contributed by atoms with Crippen molar-refractivity contribution in [2.45, 2.75) is 31.7 Å². The average Bonchev–Trinajstić information content (AvgIpc) is 2.75. The molecule has 20 heavy (non-hydrogen) atoms. The van der Waals surface area contributed by atoms with Crippen LogP contribution < -0.4 is 0 Å². The zero-order valence-corrected chi connectivity index (χ0v) is 13.0. The molecule has 1 atom stereocenters. The largest absolute Gasteiger partial charge is 0.327 e. The van der Waals surface area contributed by atoms with Crippen LogP contribution in [0.5, 0.6) is 0 Å². The second kappa shape index (κ2) is 6.55. The zero-order chi connectivity index (χ0) is 14.7. The molecule has 3 nitrogen and oxygen atoms in total. The van der Waals surface area contributed by atoms with Crippen LogP contribution in [0.3, 0.4) is 0 Å². The van der Waals surface area contributed by atoms with Gasteiger partial charge in [-0.15, -0.1) is 11.6 Å². The first-order valence-corrected chi connectivity index (χ1v) is 7.37. The van der Waals surface area contributed by atoms with E-state index in [1.807, 2.05) is 17.6 Å². The number of fused-ring (bicyclic) bond motifs is 1. The predicted octanol–water partition coefficient (Wildman–Crippen LogP) is 3.82. The van der Waals surface area contributed by atoms with Crippen molar-refractivity contribution >= 4 is 22.6 Å². The van der Waals surface area contributed by atoms with Gasteiger partial charge in [0.25, 0.3) is 0 Å². The number of unbranched alkanes of at least 4 members (excludes halogenated alkanes) is 1. The van der Waals surface area contributed by atoms with E-state index in [9.17, 15) is 4.39 Å². The highest BCUT2D eigenvalue weighted by Crippen LogP contribution is 2.26. The van der Waals surface area contributed by atoms with Gasteiger partial charge >= 0.3 is 0 Å². The molecule has 0 N–H and O–H groups in total. The maximum atomic E-state index is 13.8. The first-order chi connectivity index (χ1) is 9.50. The molecule has 2 rings (SSSR count). The van der Waals surface area contributed by atoms with Crippen molar-refractivity contribution < 1.29 is 4.39 Å². The number of imidazole rings is 1. The van der Waals surface area contributed by atoms with Gasteiger partial charge in [0, 0.05) is 6.54 Å². The summed E-state index contributed by atoms with van der Waals surface area (Å²) in [4.78, 5) is 6.53. The number of hydrogen-bond donors (Lipinski definition) is 0. The van der Waals surface area contributed by atoms with Crippen LogP contribution in [0, 0.1) is 5.82 Å². The quantitative estimate of drug-likeness (QED) is 0.597. The molecule has 5 heteroatoms. The lowest BCUT2D eigenvalue weighted by atomic mass is 10.2. The molecule has 110 valence electrons. The number of aromatic nitrogens is 2. The minimum absolute atomic E-state index is 0.226. The van der Waals surface area contributed by atoms with Crippen LogP contribution in [0.1, 0.15) is 31.0 Å². The van der Waals surface area contributed by atoms with E-state index in [1.165, 1.54) is 6.07 Å².